The average Bonchev–Trinajstić information content (AvgIpc) is 3.38. The molecule has 11 heteroatoms. The molecule has 3 aromatic rings. The lowest BCUT2D eigenvalue weighted by Crippen LogP contribution is -2.37. The number of ether oxygens (including phenoxy) is 1. The van der Waals surface area contributed by atoms with Crippen LogP contribution in [0.4, 0.5) is 5.69 Å². The molecule has 0 saturated carbocycles. The Morgan fingerprint density at radius 3 is 2.47 bits per heavy atom. The monoisotopic (exact) mass is 576 g/mol. The predicted octanol–water partition coefficient (Wildman–Crippen LogP) is 5.54. The normalized spacial score (nSPS) is 15.2. The third kappa shape index (κ3) is 7.05. The van der Waals surface area contributed by atoms with Crippen molar-refractivity contribution in [2.45, 2.75) is 37.3 Å². The van der Waals surface area contributed by atoms with Crippen LogP contribution >= 0.6 is 23.2 Å². The van der Waals surface area contributed by atoms with E-state index in [0.29, 0.717) is 33.5 Å². The van der Waals surface area contributed by atoms with Gasteiger partial charge in [-0.3, -0.25) is 9.59 Å². The number of halogens is 2. The van der Waals surface area contributed by atoms with Gasteiger partial charge in [0.2, 0.25) is 5.91 Å². The molecule has 1 unspecified atom stereocenters. The van der Waals surface area contributed by atoms with Crippen molar-refractivity contribution in [3.63, 3.8) is 0 Å². The first-order chi connectivity index (χ1) is 18.1. The van der Waals surface area contributed by atoms with Crippen molar-refractivity contribution in [3.05, 3.63) is 87.9 Å². The average molecular weight is 577 g/mol. The van der Waals surface area contributed by atoms with Gasteiger partial charge in [-0.05, 0) is 67.4 Å². The summed E-state index contributed by atoms with van der Waals surface area (Å²) < 4.78 is 37.4. The first-order valence-corrected chi connectivity index (χ1v) is 14.0. The number of nitrogens with zero attached hydrogens (tertiary/aromatic N) is 1. The third-order valence-electron chi connectivity index (χ3n) is 5.89. The highest BCUT2D eigenvalue weighted by molar-refractivity contribution is 7.87. The van der Waals surface area contributed by atoms with Gasteiger partial charge in [0.05, 0.1) is 16.7 Å². The van der Waals surface area contributed by atoms with Crippen molar-refractivity contribution in [2.24, 2.45) is 0 Å². The van der Waals surface area contributed by atoms with Crippen molar-refractivity contribution in [1.82, 2.24) is 4.90 Å². The number of carbonyl (C=O) groups excluding carboxylic acids is 2. The molecule has 1 atom stereocenters. The highest BCUT2D eigenvalue weighted by Crippen LogP contribution is 2.30. The van der Waals surface area contributed by atoms with Gasteiger partial charge in [0, 0.05) is 42.9 Å². The van der Waals surface area contributed by atoms with E-state index in [0.717, 1.165) is 12.8 Å². The van der Waals surface area contributed by atoms with Crippen LogP contribution in [0.3, 0.4) is 0 Å². The van der Waals surface area contributed by atoms with Gasteiger partial charge in [0.25, 0.3) is 5.91 Å². The summed E-state index contributed by atoms with van der Waals surface area (Å²) in [6.07, 6.45) is 1.54. The van der Waals surface area contributed by atoms with Crippen molar-refractivity contribution >= 4 is 50.8 Å². The van der Waals surface area contributed by atoms with Crippen LogP contribution in [0.5, 0.6) is 5.75 Å². The largest absolute Gasteiger partial charge is 0.379 e. The first-order valence-electron chi connectivity index (χ1n) is 11.9. The van der Waals surface area contributed by atoms with E-state index in [4.69, 9.17) is 32.1 Å². The molecule has 0 radical (unpaired) electrons. The standard InChI is InChI=1S/C27H26Cl2N2O6S/c1-18(32)30-21-9-11-23(12-10-21)38(34,35)37-26-13-8-20(28)15-19(26)16-31(17-22-5-4-14-36-22)27(33)24-6-2-3-7-25(24)29/h2-3,6-13,15,22H,4-5,14,16-17H2,1H3,(H,30,32). The summed E-state index contributed by atoms with van der Waals surface area (Å²) in [5.41, 5.74) is 1.17. The lowest BCUT2D eigenvalue weighted by molar-refractivity contribution is -0.114. The van der Waals surface area contributed by atoms with Crippen molar-refractivity contribution in [1.29, 1.82) is 0 Å². The Balaban J connectivity index is 1.62. The SMILES string of the molecule is CC(=O)Nc1ccc(S(=O)(=O)Oc2ccc(Cl)cc2CN(CC2CCCO2)C(=O)c2ccccc2Cl)cc1. The van der Waals surface area contributed by atoms with Gasteiger partial charge in [-0.2, -0.15) is 8.42 Å². The molecule has 0 aromatic heterocycles. The molecule has 1 aliphatic rings. The quantitative estimate of drug-likeness (QED) is 0.335. The van der Waals surface area contributed by atoms with Gasteiger partial charge >= 0.3 is 10.1 Å². The highest BCUT2D eigenvalue weighted by atomic mass is 35.5. The number of hydrogen-bond acceptors (Lipinski definition) is 6. The maximum absolute atomic E-state index is 13.5. The molecule has 1 heterocycles. The number of benzene rings is 3. The summed E-state index contributed by atoms with van der Waals surface area (Å²) >= 11 is 12.6. The second-order valence-corrected chi connectivity index (χ2v) is 11.2. The lowest BCUT2D eigenvalue weighted by Gasteiger charge is -2.27. The summed E-state index contributed by atoms with van der Waals surface area (Å²) in [5, 5.41) is 3.24. The van der Waals surface area contributed by atoms with Gasteiger partial charge in [0.15, 0.2) is 0 Å². The summed E-state index contributed by atoms with van der Waals surface area (Å²) in [6, 6.07) is 16.9. The fourth-order valence-electron chi connectivity index (χ4n) is 4.09. The molecular weight excluding hydrogens is 551 g/mol. The van der Waals surface area contributed by atoms with Crippen LogP contribution < -0.4 is 9.50 Å². The second-order valence-electron chi connectivity index (χ2n) is 8.80. The van der Waals surface area contributed by atoms with Crippen LogP contribution in [0.15, 0.2) is 71.6 Å². The molecule has 0 bridgehead atoms. The van der Waals surface area contributed by atoms with E-state index in [1.807, 2.05) is 0 Å². The highest BCUT2D eigenvalue weighted by Gasteiger charge is 2.27. The number of hydrogen-bond donors (Lipinski definition) is 1. The second kappa shape index (κ2) is 12.2. The van der Waals surface area contributed by atoms with Gasteiger partial charge < -0.3 is 19.1 Å². The van der Waals surface area contributed by atoms with Gasteiger partial charge in [-0.25, -0.2) is 0 Å². The lowest BCUT2D eigenvalue weighted by atomic mass is 10.1. The molecule has 0 spiro atoms. The molecule has 1 fully saturated rings. The molecule has 1 saturated heterocycles. The Morgan fingerprint density at radius 2 is 1.82 bits per heavy atom. The Labute approximate surface area is 231 Å². The smallest absolute Gasteiger partial charge is 0.339 e. The van der Waals surface area contributed by atoms with E-state index < -0.39 is 10.1 Å². The number of nitrogens with one attached hydrogen (secondary N) is 1. The summed E-state index contributed by atoms with van der Waals surface area (Å²) in [4.78, 5) is 26.2. The van der Waals surface area contributed by atoms with Gasteiger partial charge in [-0.15, -0.1) is 0 Å². The first kappa shape index (κ1) is 27.9. The summed E-state index contributed by atoms with van der Waals surface area (Å²) in [5.74, 6) is -0.570. The number of anilines is 1. The molecule has 4 rings (SSSR count). The Morgan fingerprint density at radius 1 is 1.08 bits per heavy atom. The third-order valence-corrected chi connectivity index (χ3v) is 7.70. The van der Waals surface area contributed by atoms with Crippen LogP contribution in [0.1, 0.15) is 35.7 Å². The predicted molar refractivity (Wildman–Crippen MR) is 145 cm³/mol. The van der Waals surface area contributed by atoms with Crippen LogP contribution in [0, 0.1) is 0 Å². The zero-order chi connectivity index (χ0) is 27.3. The molecular formula is C27H26Cl2N2O6S. The molecule has 1 N–H and O–H groups in total. The van der Waals surface area contributed by atoms with Crippen molar-refractivity contribution in [2.75, 3.05) is 18.5 Å². The van der Waals surface area contributed by atoms with Gasteiger partial charge in [-0.1, -0.05) is 35.3 Å². The maximum atomic E-state index is 13.5. The molecule has 3 aromatic carbocycles. The molecule has 8 nitrogen and oxygen atoms in total. The number of amides is 2. The fraction of sp³-hybridized carbons (Fsp3) is 0.259. The Kier molecular flexibility index (Phi) is 8.94. The molecule has 38 heavy (non-hydrogen) atoms. The Hall–Kier alpha value is -3.11. The van der Waals surface area contributed by atoms with Crippen LogP contribution in [0.2, 0.25) is 10.0 Å². The molecule has 2 amide bonds. The fourth-order valence-corrected chi connectivity index (χ4v) is 5.47. The van der Waals surface area contributed by atoms with E-state index in [1.54, 1.807) is 35.2 Å². The minimum absolute atomic E-state index is 0.0107. The van der Waals surface area contributed by atoms with Crippen LogP contribution in [-0.4, -0.2) is 44.4 Å². The van der Waals surface area contributed by atoms with Crippen LogP contribution in [-0.2, 0) is 26.2 Å². The Bertz CT molecular complexity index is 1420. The van der Waals surface area contributed by atoms with E-state index in [-0.39, 0.29) is 41.7 Å². The van der Waals surface area contributed by atoms with E-state index in [2.05, 4.69) is 5.32 Å². The van der Waals surface area contributed by atoms with Crippen LogP contribution in [0.25, 0.3) is 0 Å². The topological polar surface area (TPSA) is 102 Å². The molecule has 200 valence electrons. The number of carbonyl (C=O) groups is 2. The van der Waals surface area contributed by atoms with E-state index in [1.165, 1.54) is 43.3 Å². The number of rotatable bonds is 9. The van der Waals surface area contributed by atoms with Crippen molar-refractivity contribution < 1.29 is 26.9 Å². The maximum Gasteiger partial charge on any atom is 0.339 e. The van der Waals surface area contributed by atoms with E-state index in [9.17, 15) is 18.0 Å². The van der Waals surface area contributed by atoms with E-state index >= 15 is 0 Å². The summed E-state index contributed by atoms with van der Waals surface area (Å²) in [6.45, 7) is 2.27. The zero-order valence-corrected chi connectivity index (χ0v) is 22.9. The zero-order valence-electron chi connectivity index (χ0n) is 20.5. The summed E-state index contributed by atoms with van der Waals surface area (Å²) in [7, 11) is -4.24. The van der Waals surface area contributed by atoms with Crippen molar-refractivity contribution in [3.8, 4) is 5.75 Å². The molecule has 0 aliphatic carbocycles. The molecule has 1 aliphatic heterocycles. The minimum atomic E-state index is -4.24. The minimum Gasteiger partial charge on any atom is -0.379 e. The van der Waals surface area contributed by atoms with Gasteiger partial charge in [0.1, 0.15) is 10.6 Å².